The largest absolute Gasteiger partial charge is 0.490 e. The van der Waals surface area contributed by atoms with Crippen molar-refractivity contribution in [2.24, 2.45) is 0 Å². The van der Waals surface area contributed by atoms with Gasteiger partial charge in [-0.3, -0.25) is 0 Å². The third-order valence-electron chi connectivity index (χ3n) is 2.79. The summed E-state index contributed by atoms with van der Waals surface area (Å²) in [5, 5.41) is 0. The van der Waals surface area contributed by atoms with Gasteiger partial charge in [0.15, 0.2) is 0 Å². The molecule has 1 aliphatic carbocycles. The van der Waals surface area contributed by atoms with E-state index in [1.165, 1.54) is 31.2 Å². The molecule has 82 valence electrons. The van der Waals surface area contributed by atoms with Gasteiger partial charge in [-0.25, -0.2) is 0 Å². The molecule has 0 heterocycles. The van der Waals surface area contributed by atoms with E-state index in [0.717, 1.165) is 14.7 Å². The van der Waals surface area contributed by atoms with E-state index in [1.807, 2.05) is 6.07 Å². The van der Waals surface area contributed by atoms with Gasteiger partial charge in [-0.2, -0.15) is 0 Å². The van der Waals surface area contributed by atoms with Crippen molar-refractivity contribution < 1.29 is 4.74 Å². The molecule has 0 atom stereocenters. The van der Waals surface area contributed by atoms with Crippen molar-refractivity contribution in [3.8, 4) is 5.75 Å². The minimum atomic E-state index is 0.428. The average molecular weight is 334 g/mol. The van der Waals surface area contributed by atoms with Crippen LogP contribution in [0.15, 0.2) is 21.1 Å². The monoisotopic (exact) mass is 332 g/mol. The second-order valence-corrected chi connectivity index (χ2v) is 5.71. The normalized spacial score (nSPS) is 17.0. The lowest BCUT2D eigenvalue weighted by atomic mass is 10.2. The molecule has 0 spiro atoms. The first kappa shape index (κ1) is 11.5. The van der Waals surface area contributed by atoms with E-state index in [2.05, 4.69) is 44.8 Å². The van der Waals surface area contributed by atoms with E-state index < -0.39 is 0 Å². The zero-order chi connectivity index (χ0) is 10.8. The van der Waals surface area contributed by atoms with Gasteiger partial charge in [0.2, 0.25) is 0 Å². The summed E-state index contributed by atoms with van der Waals surface area (Å²) >= 11 is 7.04. The predicted octanol–water partition coefficient (Wildman–Crippen LogP) is 4.84. The molecule has 0 aliphatic heterocycles. The maximum Gasteiger partial charge on any atom is 0.121 e. The smallest absolute Gasteiger partial charge is 0.121 e. The molecule has 1 nitrogen and oxygen atoms in total. The molecule has 0 bridgehead atoms. The molecular weight excluding hydrogens is 320 g/mol. The lowest BCUT2D eigenvalue weighted by molar-refractivity contribution is 0.210. The maximum absolute atomic E-state index is 5.94. The second-order valence-electron chi connectivity index (χ2n) is 4.06. The molecule has 0 saturated heterocycles. The minimum absolute atomic E-state index is 0.428. The van der Waals surface area contributed by atoms with Crippen LogP contribution in [0.3, 0.4) is 0 Å². The Labute approximate surface area is 107 Å². The van der Waals surface area contributed by atoms with Crippen LogP contribution in [0.1, 0.15) is 31.2 Å². The summed E-state index contributed by atoms with van der Waals surface area (Å²) in [5.74, 6) is 0.981. The molecule has 1 aromatic carbocycles. The molecule has 1 aromatic rings. The van der Waals surface area contributed by atoms with Crippen LogP contribution >= 0.6 is 31.9 Å². The summed E-state index contributed by atoms with van der Waals surface area (Å²) < 4.78 is 8.12. The van der Waals surface area contributed by atoms with Gasteiger partial charge in [0.25, 0.3) is 0 Å². The first-order valence-corrected chi connectivity index (χ1v) is 6.87. The van der Waals surface area contributed by atoms with Crippen LogP contribution in [0.2, 0.25) is 0 Å². The van der Waals surface area contributed by atoms with E-state index >= 15 is 0 Å². The Kier molecular flexibility index (Phi) is 3.73. The van der Waals surface area contributed by atoms with Crippen LogP contribution in [-0.2, 0) is 0 Å². The Balaban J connectivity index is 2.14. The van der Waals surface area contributed by atoms with Gasteiger partial charge in [0, 0.05) is 8.95 Å². The van der Waals surface area contributed by atoms with E-state index in [1.54, 1.807) is 0 Å². The molecule has 15 heavy (non-hydrogen) atoms. The molecule has 0 aromatic heterocycles. The van der Waals surface area contributed by atoms with Crippen molar-refractivity contribution in [3.63, 3.8) is 0 Å². The Morgan fingerprint density at radius 2 is 1.87 bits per heavy atom. The first-order valence-electron chi connectivity index (χ1n) is 5.29. The molecular formula is C12H14Br2O. The molecule has 1 fully saturated rings. The fourth-order valence-corrected chi connectivity index (χ4v) is 2.73. The Hall–Kier alpha value is -0.0200. The zero-order valence-electron chi connectivity index (χ0n) is 8.72. The van der Waals surface area contributed by atoms with Crippen molar-refractivity contribution in [2.45, 2.75) is 38.7 Å². The molecule has 1 aliphatic rings. The number of rotatable bonds is 2. The van der Waals surface area contributed by atoms with Crippen LogP contribution in [0.4, 0.5) is 0 Å². The summed E-state index contributed by atoms with van der Waals surface area (Å²) in [6.07, 6.45) is 5.44. The predicted molar refractivity (Wildman–Crippen MR) is 69.5 cm³/mol. The SMILES string of the molecule is Cc1cc(OC2CCCC2)cc(Br)c1Br. The highest BCUT2D eigenvalue weighted by molar-refractivity contribution is 9.13. The zero-order valence-corrected chi connectivity index (χ0v) is 11.9. The van der Waals surface area contributed by atoms with E-state index in [4.69, 9.17) is 4.74 Å². The fraction of sp³-hybridized carbons (Fsp3) is 0.500. The van der Waals surface area contributed by atoms with Gasteiger partial charge < -0.3 is 4.74 Å². The summed E-state index contributed by atoms with van der Waals surface area (Å²) in [6.45, 7) is 2.08. The summed E-state index contributed by atoms with van der Waals surface area (Å²) in [4.78, 5) is 0. The molecule has 3 heteroatoms. The second kappa shape index (κ2) is 4.88. The van der Waals surface area contributed by atoms with Crippen LogP contribution < -0.4 is 4.74 Å². The first-order chi connectivity index (χ1) is 7.16. The summed E-state index contributed by atoms with van der Waals surface area (Å²) in [7, 11) is 0. The lowest BCUT2D eigenvalue weighted by Crippen LogP contribution is -2.10. The van der Waals surface area contributed by atoms with Crippen LogP contribution in [-0.4, -0.2) is 6.10 Å². The maximum atomic E-state index is 5.94. The number of hydrogen-bond donors (Lipinski definition) is 0. The van der Waals surface area contributed by atoms with Crippen molar-refractivity contribution in [3.05, 3.63) is 26.6 Å². The number of benzene rings is 1. The molecule has 1 saturated carbocycles. The van der Waals surface area contributed by atoms with E-state index in [-0.39, 0.29) is 0 Å². The highest BCUT2D eigenvalue weighted by Crippen LogP contribution is 2.33. The summed E-state index contributed by atoms with van der Waals surface area (Å²) in [5.41, 5.74) is 1.21. The molecule has 0 amide bonds. The standard InChI is InChI=1S/C12H14Br2O/c1-8-6-10(7-11(13)12(8)14)15-9-4-2-3-5-9/h6-7,9H,2-5H2,1H3. The van der Waals surface area contributed by atoms with Gasteiger partial charge in [0.1, 0.15) is 5.75 Å². The number of ether oxygens (including phenoxy) is 1. The third-order valence-corrected chi connectivity index (χ3v) is 5.00. The average Bonchev–Trinajstić information content (AvgIpc) is 2.66. The van der Waals surface area contributed by atoms with Gasteiger partial charge in [0.05, 0.1) is 6.10 Å². The van der Waals surface area contributed by atoms with Gasteiger partial charge >= 0.3 is 0 Å². The van der Waals surface area contributed by atoms with Crippen LogP contribution in [0, 0.1) is 6.92 Å². The van der Waals surface area contributed by atoms with Gasteiger partial charge in [-0.15, -0.1) is 0 Å². The van der Waals surface area contributed by atoms with Crippen LogP contribution in [0.25, 0.3) is 0 Å². The number of halogens is 2. The third kappa shape index (κ3) is 2.76. The van der Waals surface area contributed by atoms with E-state index in [0.29, 0.717) is 6.10 Å². The summed E-state index contributed by atoms with van der Waals surface area (Å²) in [6, 6.07) is 4.13. The molecule has 2 rings (SSSR count). The molecule has 0 unspecified atom stereocenters. The lowest BCUT2D eigenvalue weighted by Gasteiger charge is -2.14. The Bertz CT molecular complexity index is 334. The number of aryl methyl sites for hydroxylation is 1. The van der Waals surface area contributed by atoms with Gasteiger partial charge in [-0.1, -0.05) is 0 Å². The topological polar surface area (TPSA) is 9.23 Å². The van der Waals surface area contributed by atoms with Crippen molar-refractivity contribution in [2.75, 3.05) is 0 Å². The molecule has 0 radical (unpaired) electrons. The Morgan fingerprint density at radius 1 is 1.20 bits per heavy atom. The number of hydrogen-bond acceptors (Lipinski definition) is 1. The van der Waals surface area contributed by atoms with Crippen molar-refractivity contribution >= 4 is 31.9 Å². The minimum Gasteiger partial charge on any atom is -0.490 e. The van der Waals surface area contributed by atoms with Crippen molar-refractivity contribution in [1.82, 2.24) is 0 Å². The fourth-order valence-electron chi connectivity index (χ4n) is 1.96. The van der Waals surface area contributed by atoms with Crippen molar-refractivity contribution in [1.29, 1.82) is 0 Å². The highest BCUT2D eigenvalue weighted by Gasteiger charge is 2.17. The molecule has 0 N–H and O–H groups in total. The van der Waals surface area contributed by atoms with Gasteiger partial charge in [-0.05, 0) is 82.2 Å². The van der Waals surface area contributed by atoms with Crippen LogP contribution in [0.5, 0.6) is 5.75 Å². The Morgan fingerprint density at radius 3 is 2.47 bits per heavy atom. The highest BCUT2D eigenvalue weighted by atomic mass is 79.9. The van der Waals surface area contributed by atoms with E-state index in [9.17, 15) is 0 Å². The quantitative estimate of drug-likeness (QED) is 0.752.